The number of hydrogen-bond acceptors (Lipinski definition) is 2. The summed E-state index contributed by atoms with van der Waals surface area (Å²) in [6.45, 7) is 9.17. The molecule has 0 saturated heterocycles. The fraction of sp³-hybridized carbons (Fsp3) is 0.647. The van der Waals surface area contributed by atoms with E-state index in [2.05, 4.69) is 38.7 Å². The Bertz CT molecular complexity index is 442. The molecule has 1 aromatic rings. The molecule has 2 nitrogen and oxygen atoms in total. The van der Waals surface area contributed by atoms with Crippen molar-refractivity contribution in [3.8, 4) is 0 Å². The summed E-state index contributed by atoms with van der Waals surface area (Å²) < 4.78 is 11.3. The summed E-state index contributed by atoms with van der Waals surface area (Å²) in [6, 6.07) is 2.07. The summed E-state index contributed by atoms with van der Waals surface area (Å²) in [4.78, 5) is 0. The third-order valence-electron chi connectivity index (χ3n) is 3.91. The molecule has 112 valence electrons. The second kappa shape index (κ2) is 6.21. The molecule has 0 fully saturated rings. The second-order valence-electron chi connectivity index (χ2n) is 7.32. The Morgan fingerprint density at radius 2 is 2.15 bits per heavy atom. The van der Waals surface area contributed by atoms with Crippen LogP contribution in [0.1, 0.15) is 44.6 Å². The molecule has 2 rings (SSSR count). The van der Waals surface area contributed by atoms with Gasteiger partial charge in [0.15, 0.2) is 0 Å². The third kappa shape index (κ3) is 4.86. The smallest absolute Gasteiger partial charge is 0.241 e. The maximum Gasteiger partial charge on any atom is 0.241 e. The van der Waals surface area contributed by atoms with Gasteiger partial charge in [-0.25, -0.2) is 0 Å². The molecule has 0 N–H and O–H groups in total. The second-order valence-corrected chi connectivity index (χ2v) is 11.7. The van der Waals surface area contributed by atoms with Crippen LogP contribution in [0.25, 0.3) is 0 Å². The van der Waals surface area contributed by atoms with Crippen LogP contribution in [-0.2, 0) is 10.8 Å². The number of allylic oxidation sites excluding steroid dienone is 2. The molecule has 0 spiro atoms. The van der Waals surface area contributed by atoms with Crippen molar-refractivity contribution in [3.63, 3.8) is 0 Å². The summed E-state index contributed by atoms with van der Waals surface area (Å²) in [5, 5.41) is 0. The van der Waals surface area contributed by atoms with Crippen LogP contribution in [0.2, 0.25) is 19.6 Å². The molecular weight excluding hydrogens is 264 g/mol. The van der Waals surface area contributed by atoms with Crippen LogP contribution in [0.4, 0.5) is 0 Å². The van der Waals surface area contributed by atoms with Crippen molar-refractivity contribution < 1.29 is 8.84 Å². The quantitative estimate of drug-likeness (QED) is 0.643. The highest BCUT2D eigenvalue weighted by Crippen LogP contribution is 2.39. The van der Waals surface area contributed by atoms with Crippen LogP contribution in [0.5, 0.6) is 0 Å². The van der Waals surface area contributed by atoms with Crippen molar-refractivity contribution in [1.29, 1.82) is 0 Å². The van der Waals surface area contributed by atoms with E-state index in [-0.39, 0.29) is 0 Å². The number of rotatable bonds is 6. The van der Waals surface area contributed by atoms with Gasteiger partial charge < -0.3 is 8.84 Å². The highest BCUT2D eigenvalue weighted by atomic mass is 28.4. The summed E-state index contributed by atoms with van der Waals surface area (Å²) in [7, 11) is -1.46. The Labute approximate surface area is 124 Å². The average molecular weight is 292 g/mol. The monoisotopic (exact) mass is 292 g/mol. The zero-order valence-electron chi connectivity index (χ0n) is 13.4. The minimum Gasteiger partial charge on any atom is -0.548 e. The van der Waals surface area contributed by atoms with Gasteiger partial charge >= 0.3 is 0 Å². The number of aryl methyl sites for hydroxylation is 1. The Morgan fingerprint density at radius 1 is 1.35 bits per heavy atom. The fourth-order valence-electron chi connectivity index (χ4n) is 3.00. The van der Waals surface area contributed by atoms with Crippen LogP contribution in [0.15, 0.2) is 34.8 Å². The van der Waals surface area contributed by atoms with Crippen molar-refractivity contribution in [2.24, 2.45) is 5.41 Å². The number of furan rings is 1. The molecule has 0 saturated carbocycles. The lowest BCUT2D eigenvalue weighted by molar-refractivity contribution is 0.278. The van der Waals surface area contributed by atoms with Gasteiger partial charge in [-0.05, 0) is 74.9 Å². The lowest BCUT2D eigenvalue weighted by Gasteiger charge is -2.34. The molecule has 1 aliphatic rings. The normalized spacial score (nSPS) is 23.5. The van der Waals surface area contributed by atoms with Crippen molar-refractivity contribution in [1.82, 2.24) is 0 Å². The van der Waals surface area contributed by atoms with E-state index in [4.69, 9.17) is 8.84 Å². The highest BCUT2D eigenvalue weighted by Gasteiger charge is 2.28. The lowest BCUT2D eigenvalue weighted by atomic mass is 9.76. The highest BCUT2D eigenvalue weighted by molar-refractivity contribution is 6.70. The van der Waals surface area contributed by atoms with E-state index >= 15 is 0 Å². The lowest BCUT2D eigenvalue weighted by Crippen LogP contribution is -2.28. The maximum absolute atomic E-state index is 6.21. The third-order valence-corrected chi connectivity index (χ3v) is 4.79. The summed E-state index contributed by atoms with van der Waals surface area (Å²) in [6.07, 6.45) is 13.3. The maximum atomic E-state index is 6.21. The van der Waals surface area contributed by atoms with Gasteiger partial charge in [-0.1, -0.05) is 6.92 Å². The van der Waals surface area contributed by atoms with Crippen LogP contribution in [0, 0.1) is 5.41 Å². The predicted octanol–water partition coefficient (Wildman–Crippen LogP) is 5.53. The molecule has 0 bridgehead atoms. The molecule has 1 atom stereocenters. The van der Waals surface area contributed by atoms with Gasteiger partial charge in [0, 0.05) is 6.42 Å². The van der Waals surface area contributed by atoms with E-state index in [1.807, 2.05) is 6.26 Å². The zero-order chi connectivity index (χ0) is 14.6. The van der Waals surface area contributed by atoms with Gasteiger partial charge in [-0.2, -0.15) is 0 Å². The van der Waals surface area contributed by atoms with Gasteiger partial charge in [0.05, 0.1) is 18.3 Å². The van der Waals surface area contributed by atoms with Crippen molar-refractivity contribution >= 4 is 8.32 Å². The van der Waals surface area contributed by atoms with E-state index in [9.17, 15) is 0 Å². The molecule has 20 heavy (non-hydrogen) atoms. The van der Waals surface area contributed by atoms with Crippen LogP contribution in [-0.4, -0.2) is 8.32 Å². The number of hydrogen-bond donors (Lipinski definition) is 0. The molecule has 1 heterocycles. The SMILES string of the molecule is C[C@@]1(CCCc2ccoc2)C=C(O[Si](C)(C)C)CCC1. The Morgan fingerprint density at radius 3 is 2.80 bits per heavy atom. The summed E-state index contributed by atoms with van der Waals surface area (Å²) in [5.41, 5.74) is 1.63. The van der Waals surface area contributed by atoms with Crippen molar-refractivity contribution in [2.45, 2.75) is 65.1 Å². The molecule has 1 aliphatic carbocycles. The van der Waals surface area contributed by atoms with E-state index in [0.717, 1.165) is 12.8 Å². The minimum atomic E-state index is -1.46. The first kappa shape index (κ1) is 15.4. The molecule has 3 heteroatoms. The summed E-state index contributed by atoms with van der Waals surface area (Å²) >= 11 is 0. The van der Waals surface area contributed by atoms with Crippen LogP contribution in [0.3, 0.4) is 0 Å². The first-order valence-electron chi connectivity index (χ1n) is 7.78. The Hall–Kier alpha value is -0.963. The molecule has 0 radical (unpaired) electrons. The first-order chi connectivity index (χ1) is 9.36. The zero-order valence-corrected chi connectivity index (χ0v) is 14.4. The Balaban J connectivity index is 1.89. The van der Waals surface area contributed by atoms with Gasteiger partial charge in [0.25, 0.3) is 0 Å². The predicted molar refractivity (Wildman–Crippen MR) is 86.1 cm³/mol. The van der Waals surface area contributed by atoms with Gasteiger partial charge in [0.1, 0.15) is 0 Å². The van der Waals surface area contributed by atoms with E-state index in [1.54, 1.807) is 6.26 Å². The van der Waals surface area contributed by atoms with Crippen LogP contribution >= 0.6 is 0 Å². The van der Waals surface area contributed by atoms with Crippen molar-refractivity contribution in [2.75, 3.05) is 0 Å². The van der Waals surface area contributed by atoms with Gasteiger partial charge in [-0.15, -0.1) is 0 Å². The van der Waals surface area contributed by atoms with E-state index < -0.39 is 8.32 Å². The largest absolute Gasteiger partial charge is 0.548 e. The molecule has 1 aromatic heterocycles. The average Bonchev–Trinajstić information content (AvgIpc) is 2.79. The molecule has 0 amide bonds. The van der Waals surface area contributed by atoms with Gasteiger partial charge in [-0.3, -0.25) is 0 Å². The van der Waals surface area contributed by atoms with Crippen LogP contribution < -0.4 is 0 Å². The van der Waals surface area contributed by atoms with E-state index in [0.29, 0.717) is 5.41 Å². The molecular formula is C17H28O2Si. The molecule has 0 unspecified atom stereocenters. The standard InChI is InChI=1S/C17H28O2Si/c1-17(10-5-7-15-9-12-18-14-15)11-6-8-16(13-17)19-20(2,3)4/h9,12-14H,5-8,10-11H2,1-4H3/t17-/m0/s1. The van der Waals surface area contributed by atoms with Gasteiger partial charge in [0.2, 0.25) is 8.32 Å². The molecule has 0 aromatic carbocycles. The minimum absolute atomic E-state index is 0.316. The van der Waals surface area contributed by atoms with Crippen molar-refractivity contribution in [3.05, 3.63) is 36.0 Å². The summed E-state index contributed by atoms with van der Waals surface area (Å²) in [5.74, 6) is 1.25. The molecule has 0 aliphatic heterocycles. The van der Waals surface area contributed by atoms with E-state index in [1.165, 1.54) is 37.0 Å². The fourth-order valence-corrected chi connectivity index (χ4v) is 3.95. The first-order valence-corrected chi connectivity index (χ1v) is 11.2. The Kier molecular flexibility index (Phi) is 4.79. The topological polar surface area (TPSA) is 22.4 Å².